The molecule has 5 nitrogen and oxygen atoms in total. The van der Waals surface area contributed by atoms with Crippen LogP contribution >= 0.6 is 0 Å². The highest BCUT2D eigenvalue weighted by atomic mass is 16.4. The zero-order valence-electron chi connectivity index (χ0n) is 10.6. The fraction of sp³-hybridized carbons (Fsp3) is 0.462. The van der Waals surface area contributed by atoms with E-state index in [0.717, 1.165) is 38.4 Å². The monoisotopic (exact) mass is 249 g/mol. The van der Waals surface area contributed by atoms with Crippen molar-refractivity contribution in [2.75, 3.05) is 43.4 Å². The molecule has 0 aliphatic carbocycles. The number of benzene rings is 1. The van der Waals surface area contributed by atoms with Crippen molar-refractivity contribution in [1.29, 1.82) is 0 Å². The Morgan fingerprint density at radius 2 is 2.00 bits per heavy atom. The summed E-state index contributed by atoms with van der Waals surface area (Å²) in [5.41, 5.74) is 7.34. The van der Waals surface area contributed by atoms with Crippen molar-refractivity contribution in [1.82, 2.24) is 4.90 Å². The smallest absolute Gasteiger partial charge is 0.337 e. The van der Waals surface area contributed by atoms with Crippen LogP contribution in [0.15, 0.2) is 18.2 Å². The third-order valence-corrected chi connectivity index (χ3v) is 3.47. The SMILES string of the molecule is CCN1CCN(c2cccc(C(=O)O)c2N)CC1. The molecule has 3 N–H and O–H groups in total. The largest absolute Gasteiger partial charge is 0.478 e. The normalized spacial score (nSPS) is 16.8. The molecule has 0 unspecified atom stereocenters. The van der Waals surface area contributed by atoms with Crippen LogP contribution in [0.4, 0.5) is 11.4 Å². The minimum Gasteiger partial charge on any atom is -0.478 e. The van der Waals surface area contributed by atoms with Crippen LogP contribution in [0.2, 0.25) is 0 Å². The predicted octanol–water partition coefficient (Wildman–Crippen LogP) is 1.11. The maximum absolute atomic E-state index is 11.0. The van der Waals surface area contributed by atoms with Gasteiger partial charge >= 0.3 is 5.97 Å². The molecule has 1 saturated heterocycles. The number of piperazine rings is 1. The summed E-state index contributed by atoms with van der Waals surface area (Å²) in [5.74, 6) is -0.971. The zero-order valence-corrected chi connectivity index (χ0v) is 10.6. The number of nitrogens with zero attached hydrogens (tertiary/aromatic N) is 2. The molecule has 1 fully saturated rings. The summed E-state index contributed by atoms with van der Waals surface area (Å²) in [6, 6.07) is 5.19. The number of carboxylic acids is 1. The van der Waals surface area contributed by atoms with E-state index in [9.17, 15) is 4.79 Å². The van der Waals surface area contributed by atoms with Crippen molar-refractivity contribution in [3.05, 3.63) is 23.8 Å². The first-order valence-corrected chi connectivity index (χ1v) is 6.22. The van der Waals surface area contributed by atoms with Gasteiger partial charge in [0.2, 0.25) is 0 Å². The second kappa shape index (κ2) is 5.27. The first-order chi connectivity index (χ1) is 8.63. The van der Waals surface area contributed by atoms with Gasteiger partial charge in [0.25, 0.3) is 0 Å². The lowest BCUT2D eigenvalue weighted by molar-refractivity contribution is 0.0698. The molecule has 5 heteroatoms. The number of aromatic carboxylic acids is 1. The van der Waals surface area contributed by atoms with E-state index in [1.165, 1.54) is 0 Å². The van der Waals surface area contributed by atoms with Gasteiger partial charge in [-0.15, -0.1) is 0 Å². The summed E-state index contributed by atoms with van der Waals surface area (Å²) < 4.78 is 0. The molecule has 0 atom stereocenters. The highest BCUT2D eigenvalue weighted by molar-refractivity contribution is 5.97. The van der Waals surface area contributed by atoms with Gasteiger partial charge in [-0.1, -0.05) is 13.0 Å². The molecule has 2 rings (SSSR count). The van der Waals surface area contributed by atoms with Gasteiger partial charge in [-0.05, 0) is 18.7 Å². The van der Waals surface area contributed by atoms with E-state index in [1.54, 1.807) is 12.1 Å². The summed E-state index contributed by atoms with van der Waals surface area (Å²) in [4.78, 5) is 15.6. The fourth-order valence-electron chi connectivity index (χ4n) is 2.32. The average Bonchev–Trinajstić information content (AvgIpc) is 2.39. The Balaban J connectivity index is 2.19. The number of nitrogens with two attached hydrogens (primary N) is 1. The van der Waals surface area contributed by atoms with Crippen LogP contribution in [0.3, 0.4) is 0 Å². The van der Waals surface area contributed by atoms with Crippen LogP contribution in [0, 0.1) is 0 Å². The number of carboxylic acid groups (broad SMARTS) is 1. The molecule has 0 saturated carbocycles. The summed E-state index contributed by atoms with van der Waals surface area (Å²) in [6.07, 6.45) is 0. The van der Waals surface area contributed by atoms with E-state index in [4.69, 9.17) is 10.8 Å². The molecule has 1 aromatic rings. The molecule has 0 aromatic heterocycles. The Kier molecular flexibility index (Phi) is 3.72. The van der Waals surface area contributed by atoms with Crippen LogP contribution in [0.5, 0.6) is 0 Å². The lowest BCUT2D eigenvalue weighted by Gasteiger charge is -2.36. The first kappa shape index (κ1) is 12.7. The van der Waals surface area contributed by atoms with Gasteiger partial charge in [-0.25, -0.2) is 4.79 Å². The number of likely N-dealkylation sites (N-methyl/N-ethyl adjacent to an activating group) is 1. The topological polar surface area (TPSA) is 69.8 Å². The van der Waals surface area contributed by atoms with Crippen molar-refractivity contribution in [3.8, 4) is 0 Å². The summed E-state index contributed by atoms with van der Waals surface area (Å²) in [5, 5.41) is 9.06. The van der Waals surface area contributed by atoms with E-state index in [-0.39, 0.29) is 5.56 Å². The summed E-state index contributed by atoms with van der Waals surface area (Å²) in [7, 11) is 0. The molecule has 0 amide bonds. The van der Waals surface area contributed by atoms with Crippen LogP contribution in [0.1, 0.15) is 17.3 Å². The predicted molar refractivity (Wildman–Crippen MR) is 72.1 cm³/mol. The summed E-state index contributed by atoms with van der Waals surface area (Å²) in [6.45, 7) is 6.97. The van der Waals surface area contributed by atoms with Gasteiger partial charge in [0, 0.05) is 26.2 Å². The van der Waals surface area contributed by atoms with Crippen molar-refractivity contribution in [2.45, 2.75) is 6.92 Å². The molecule has 0 bridgehead atoms. The molecule has 0 radical (unpaired) electrons. The number of nitrogen functional groups attached to an aromatic ring is 1. The Morgan fingerprint density at radius 1 is 1.33 bits per heavy atom. The maximum Gasteiger partial charge on any atom is 0.337 e. The van der Waals surface area contributed by atoms with Crippen LogP contribution in [-0.2, 0) is 0 Å². The van der Waals surface area contributed by atoms with Gasteiger partial charge in [0.05, 0.1) is 16.9 Å². The van der Waals surface area contributed by atoms with Crippen LogP contribution < -0.4 is 10.6 Å². The number of carbonyl (C=O) groups is 1. The number of para-hydroxylation sites is 1. The van der Waals surface area contributed by atoms with E-state index < -0.39 is 5.97 Å². The molecule has 1 aliphatic rings. The first-order valence-electron chi connectivity index (χ1n) is 6.22. The van der Waals surface area contributed by atoms with Gasteiger partial charge in [0.15, 0.2) is 0 Å². The molecule has 18 heavy (non-hydrogen) atoms. The molecule has 98 valence electrons. The van der Waals surface area contributed by atoms with E-state index >= 15 is 0 Å². The van der Waals surface area contributed by atoms with E-state index in [0.29, 0.717) is 5.69 Å². The van der Waals surface area contributed by atoms with Crippen molar-refractivity contribution < 1.29 is 9.90 Å². The van der Waals surface area contributed by atoms with Crippen molar-refractivity contribution in [2.24, 2.45) is 0 Å². The third-order valence-electron chi connectivity index (χ3n) is 3.47. The molecule has 0 spiro atoms. The Morgan fingerprint density at radius 3 is 2.56 bits per heavy atom. The quantitative estimate of drug-likeness (QED) is 0.785. The number of hydrogen-bond acceptors (Lipinski definition) is 4. The Hall–Kier alpha value is -1.75. The highest BCUT2D eigenvalue weighted by Crippen LogP contribution is 2.27. The van der Waals surface area contributed by atoms with Crippen LogP contribution in [0.25, 0.3) is 0 Å². The highest BCUT2D eigenvalue weighted by Gasteiger charge is 2.19. The molecular weight excluding hydrogens is 230 g/mol. The Bertz CT molecular complexity index is 440. The standard InChI is InChI=1S/C13H19N3O2/c1-2-15-6-8-16(9-7-15)11-5-3-4-10(12(11)14)13(17)18/h3-5H,2,6-9,14H2,1H3,(H,17,18). The van der Waals surface area contributed by atoms with Gasteiger partial charge in [-0.3, -0.25) is 0 Å². The van der Waals surface area contributed by atoms with Crippen molar-refractivity contribution >= 4 is 17.3 Å². The Labute approximate surface area is 107 Å². The van der Waals surface area contributed by atoms with E-state index in [2.05, 4.69) is 16.7 Å². The number of anilines is 2. The van der Waals surface area contributed by atoms with Crippen molar-refractivity contribution in [3.63, 3.8) is 0 Å². The lowest BCUT2D eigenvalue weighted by atomic mass is 10.1. The third kappa shape index (κ3) is 2.41. The minimum atomic E-state index is -0.971. The minimum absolute atomic E-state index is 0.186. The van der Waals surface area contributed by atoms with Gasteiger partial charge < -0.3 is 20.6 Å². The lowest BCUT2D eigenvalue weighted by Crippen LogP contribution is -2.46. The second-order valence-electron chi connectivity index (χ2n) is 4.46. The van der Waals surface area contributed by atoms with Gasteiger partial charge in [-0.2, -0.15) is 0 Å². The second-order valence-corrected chi connectivity index (χ2v) is 4.46. The zero-order chi connectivity index (χ0) is 13.1. The molecular formula is C13H19N3O2. The molecule has 1 aliphatic heterocycles. The van der Waals surface area contributed by atoms with E-state index in [1.807, 2.05) is 6.07 Å². The van der Waals surface area contributed by atoms with Crippen LogP contribution in [-0.4, -0.2) is 48.7 Å². The fourth-order valence-corrected chi connectivity index (χ4v) is 2.32. The average molecular weight is 249 g/mol. The molecule has 1 heterocycles. The number of hydrogen-bond donors (Lipinski definition) is 2. The molecule has 1 aromatic carbocycles. The number of rotatable bonds is 3. The van der Waals surface area contributed by atoms with Gasteiger partial charge in [0.1, 0.15) is 0 Å². The maximum atomic E-state index is 11.0. The summed E-state index contributed by atoms with van der Waals surface area (Å²) >= 11 is 0.